The third-order valence-corrected chi connectivity index (χ3v) is 1.61. The van der Waals surface area contributed by atoms with Gasteiger partial charge in [0.05, 0.1) is 12.0 Å². The maximum atomic E-state index is 11.4. The largest absolute Gasteiger partial charge is 0.459 e. The fraction of sp³-hybridized carbons (Fsp3) is 0.833. The molecule has 0 rings (SSSR count). The maximum absolute atomic E-state index is 11.4. The van der Waals surface area contributed by atoms with Crippen LogP contribution in [0.5, 0.6) is 0 Å². The number of carbonyl (C=O) groups excluding carboxylic acids is 2. The van der Waals surface area contributed by atoms with E-state index >= 15 is 0 Å². The van der Waals surface area contributed by atoms with Gasteiger partial charge in [0.15, 0.2) is 0 Å². The summed E-state index contributed by atoms with van der Waals surface area (Å²) in [6.45, 7) is 10.7. The van der Waals surface area contributed by atoms with Gasteiger partial charge in [-0.2, -0.15) is 0 Å². The van der Waals surface area contributed by atoms with E-state index in [0.29, 0.717) is 0 Å². The zero-order chi connectivity index (χ0) is 13.7. The lowest BCUT2D eigenvalue weighted by atomic mass is 9.98. The summed E-state index contributed by atoms with van der Waals surface area (Å²) in [6.07, 6.45) is 0. The minimum absolute atomic E-state index is 0.00927. The first-order chi connectivity index (χ1) is 7.52. The van der Waals surface area contributed by atoms with Crippen molar-refractivity contribution in [3.05, 3.63) is 0 Å². The summed E-state index contributed by atoms with van der Waals surface area (Å²) in [4.78, 5) is 22.6. The molecule has 5 heteroatoms. The molecule has 0 spiro atoms. The molecular weight excluding hydrogens is 222 g/mol. The number of carbonyl (C=O) groups is 2. The summed E-state index contributed by atoms with van der Waals surface area (Å²) < 4.78 is 10.00. The smallest absolute Gasteiger partial charge is 0.320 e. The van der Waals surface area contributed by atoms with Gasteiger partial charge in [-0.05, 0) is 41.5 Å². The Morgan fingerprint density at radius 3 is 2.00 bits per heavy atom. The second-order valence-electron chi connectivity index (χ2n) is 5.84. The molecule has 0 saturated heterocycles. The zero-order valence-corrected chi connectivity index (χ0v) is 11.5. The topological polar surface area (TPSA) is 64.6 Å². The predicted molar refractivity (Wildman–Crippen MR) is 64.3 cm³/mol. The predicted octanol–water partition coefficient (Wildman–Crippen LogP) is 1.46. The number of hydrogen-bond acceptors (Lipinski definition) is 5. The van der Waals surface area contributed by atoms with Crippen LogP contribution in [0.2, 0.25) is 0 Å². The lowest BCUT2D eigenvalue weighted by Gasteiger charge is -2.20. The van der Waals surface area contributed by atoms with E-state index in [0.717, 1.165) is 0 Å². The van der Waals surface area contributed by atoms with Crippen molar-refractivity contribution in [1.82, 2.24) is 5.32 Å². The molecule has 17 heavy (non-hydrogen) atoms. The Morgan fingerprint density at radius 2 is 1.59 bits per heavy atom. The van der Waals surface area contributed by atoms with Crippen molar-refractivity contribution in [1.29, 1.82) is 0 Å². The molecule has 100 valence electrons. The lowest BCUT2D eigenvalue weighted by molar-refractivity contribution is -0.158. The molecule has 0 bridgehead atoms. The monoisotopic (exact) mass is 245 g/mol. The average molecular weight is 245 g/mol. The molecule has 0 heterocycles. The van der Waals surface area contributed by atoms with Crippen LogP contribution in [-0.4, -0.2) is 30.8 Å². The summed E-state index contributed by atoms with van der Waals surface area (Å²) in [5.41, 5.74) is -1.03. The SMILES string of the molecule is CC(C)(C)OC(=O)CNCOC(=O)C(C)(C)C. The van der Waals surface area contributed by atoms with Crippen LogP contribution in [0.25, 0.3) is 0 Å². The summed E-state index contributed by atoms with van der Waals surface area (Å²) in [7, 11) is 0. The maximum Gasteiger partial charge on any atom is 0.320 e. The summed E-state index contributed by atoms with van der Waals surface area (Å²) >= 11 is 0. The molecule has 5 nitrogen and oxygen atoms in total. The Labute approximate surface area is 103 Å². The minimum atomic E-state index is -0.534. The van der Waals surface area contributed by atoms with Crippen molar-refractivity contribution >= 4 is 11.9 Å². The second kappa shape index (κ2) is 6.00. The van der Waals surface area contributed by atoms with Crippen molar-refractivity contribution in [3.8, 4) is 0 Å². The fourth-order valence-electron chi connectivity index (χ4n) is 0.864. The van der Waals surface area contributed by atoms with Crippen LogP contribution < -0.4 is 5.32 Å². The van der Waals surface area contributed by atoms with E-state index in [1.807, 2.05) is 0 Å². The van der Waals surface area contributed by atoms with Crippen LogP contribution in [0.15, 0.2) is 0 Å². The first-order valence-electron chi connectivity index (χ1n) is 5.62. The van der Waals surface area contributed by atoms with E-state index in [1.54, 1.807) is 41.5 Å². The van der Waals surface area contributed by atoms with E-state index in [9.17, 15) is 9.59 Å². The molecule has 0 amide bonds. The van der Waals surface area contributed by atoms with Crippen LogP contribution in [0.3, 0.4) is 0 Å². The van der Waals surface area contributed by atoms with Crippen molar-refractivity contribution in [2.75, 3.05) is 13.3 Å². The highest BCUT2D eigenvalue weighted by molar-refractivity contribution is 5.75. The first-order valence-corrected chi connectivity index (χ1v) is 5.62. The molecule has 0 atom stereocenters. The zero-order valence-electron chi connectivity index (χ0n) is 11.5. The van der Waals surface area contributed by atoms with E-state index in [-0.39, 0.29) is 25.2 Å². The first kappa shape index (κ1) is 15.9. The van der Waals surface area contributed by atoms with E-state index in [2.05, 4.69) is 5.32 Å². The van der Waals surface area contributed by atoms with Gasteiger partial charge in [-0.15, -0.1) is 0 Å². The highest BCUT2D eigenvalue weighted by Crippen LogP contribution is 2.14. The van der Waals surface area contributed by atoms with Gasteiger partial charge in [0.2, 0.25) is 0 Å². The van der Waals surface area contributed by atoms with Crippen molar-refractivity contribution < 1.29 is 19.1 Å². The van der Waals surface area contributed by atoms with Gasteiger partial charge in [-0.25, -0.2) is 0 Å². The van der Waals surface area contributed by atoms with Gasteiger partial charge in [0.25, 0.3) is 0 Å². The van der Waals surface area contributed by atoms with Crippen molar-refractivity contribution in [2.24, 2.45) is 5.41 Å². The molecular formula is C12H23NO4. The molecule has 0 aromatic rings. The highest BCUT2D eigenvalue weighted by Gasteiger charge is 2.23. The van der Waals surface area contributed by atoms with Crippen molar-refractivity contribution in [3.63, 3.8) is 0 Å². The quantitative estimate of drug-likeness (QED) is 0.461. The van der Waals surface area contributed by atoms with E-state index in [1.165, 1.54) is 0 Å². The number of rotatable bonds is 4. The lowest BCUT2D eigenvalue weighted by Crippen LogP contribution is -2.34. The normalized spacial score (nSPS) is 12.1. The second-order valence-corrected chi connectivity index (χ2v) is 5.84. The van der Waals surface area contributed by atoms with E-state index in [4.69, 9.17) is 9.47 Å². The third-order valence-electron chi connectivity index (χ3n) is 1.61. The van der Waals surface area contributed by atoms with Gasteiger partial charge in [0, 0.05) is 0 Å². The molecule has 0 radical (unpaired) electrons. The molecule has 0 unspecified atom stereocenters. The summed E-state index contributed by atoms with van der Waals surface area (Å²) in [5.74, 6) is -0.682. The van der Waals surface area contributed by atoms with Crippen LogP contribution in [0.1, 0.15) is 41.5 Å². The summed E-state index contributed by atoms with van der Waals surface area (Å²) in [6, 6.07) is 0. The van der Waals surface area contributed by atoms with Gasteiger partial charge >= 0.3 is 11.9 Å². The van der Waals surface area contributed by atoms with Gasteiger partial charge in [0.1, 0.15) is 12.3 Å². The molecule has 0 aromatic carbocycles. The minimum Gasteiger partial charge on any atom is -0.459 e. The molecule has 0 fully saturated rings. The standard InChI is InChI=1S/C12H23NO4/c1-11(2,3)10(15)16-8-13-7-9(14)17-12(4,5)6/h13H,7-8H2,1-6H3. The molecule has 0 aliphatic carbocycles. The van der Waals surface area contributed by atoms with Crippen molar-refractivity contribution in [2.45, 2.75) is 47.1 Å². The van der Waals surface area contributed by atoms with Crippen LogP contribution in [-0.2, 0) is 19.1 Å². The number of esters is 2. The van der Waals surface area contributed by atoms with Crippen LogP contribution >= 0.6 is 0 Å². The number of hydrogen-bond donors (Lipinski definition) is 1. The Morgan fingerprint density at radius 1 is 1.06 bits per heavy atom. The average Bonchev–Trinajstić information content (AvgIpc) is 2.07. The molecule has 0 aromatic heterocycles. The summed E-state index contributed by atoms with van der Waals surface area (Å²) in [5, 5.41) is 2.69. The Hall–Kier alpha value is -1.10. The Bertz CT molecular complexity index is 273. The molecule has 1 N–H and O–H groups in total. The Kier molecular flexibility index (Phi) is 5.61. The molecule has 0 aliphatic rings. The van der Waals surface area contributed by atoms with Crippen LogP contribution in [0.4, 0.5) is 0 Å². The van der Waals surface area contributed by atoms with Gasteiger partial charge in [-0.3, -0.25) is 14.9 Å². The highest BCUT2D eigenvalue weighted by atomic mass is 16.6. The third kappa shape index (κ3) is 8.68. The number of nitrogens with one attached hydrogen (secondary N) is 1. The van der Waals surface area contributed by atoms with E-state index < -0.39 is 11.0 Å². The molecule has 0 aliphatic heterocycles. The van der Waals surface area contributed by atoms with Gasteiger partial charge < -0.3 is 9.47 Å². The van der Waals surface area contributed by atoms with Crippen LogP contribution in [0, 0.1) is 5.41 Å². The number of ether oxygens (including phenoxy) is 2. The van der Waals surface area contributed by atoms with Gasteiger partial charge in [-0.1, -0.05) is 0 Å². The molecule has 0 saturated carbocycles. The fourth-order valence-corrected chi connectivity index (χ4v) is 0.864. The Balaban J connectivity index is 3.73.